The largest absolute Gasteiger partial charge is 0.376 e. The summed E-state index contributed by atoms with van der Waals surface area (Å²) in [5.74, 6) is 0.0963. The lowest BCUT2D eigenvalue weighted by atomic mass is 10.1. The number of carbonyl (C=O) groups excluding carboxylic acids is 3. The summed E-state index contributed by atoms with van der Waals surface area (Å²) in [5, 5.41) is 3.37. The van der Waals surface area contributed by atoms with E-state index in [-0.39, 0.29) is 29.5 Å². The number of β-lactam (4-membered cyclic amide) rings is 1. The molecule has 2 aliphatic rings. The minimum absolute atomic E-state index is 0.00286. The Labute approximate surface area is 150 Å². The maximum absolute atomic E-state index is 12.3. The minimum atomic E-state index is -0.691. The average molecular weight is 364 g/mol. The lowest BCUT2D eigenvalue weighted by molar-refractivity contribution is -0.186. The number of carbonyl (C=O) groups is 3. The molecule has 0 bridgehead atoms. The zero-order valence-electron chi connectivity index (χ0n) is 13.8. The van der Waals surface area contributed by atoms with Gasteiger partial charge >= 0.3 is 0 Å². The number of Topliss-reactive ketones (excluding diaryl/α,β-unsaturated/α-hetero) is 1. The Morgan fingerprint density at radius 1 is 1.36 bits per heavy atom. The van der Waals surface area contributed by atoms with E-state index in [0.29, 0.717) is 12.4 Å². The summed E-state index contributed by atoms with van der Waals surface area (Å²) in [4.78, 5) is 41.4. The van der Waals surface area contributed by atoms with Crippen molar-refractivity contribution in [1.82, 2.24) is 10.4 Å². The number of benzene rings is 1. The van der Waals surface area contributed by atoms with Crippen molar-refractivity contribution < 1.29 is 24.0 Å². The molecule has 1 unspecified atom stereocenters. The van der Waals surface area contributed by atoms with Gasteiger partial charge in [-0.25, -0.2) is 0 Å². The first-order valence-corrected chi connectivity index (χ1v) is 9.20. The third-order valence-corrected chi connectivity index (χ3v) is 5.25. The molecule has 3 rings (SSSR count). The van der Waals surface area contributed by atoms with Crippen LogP contribution in [0.1, 0.15) is 19.8 Å². The Bertz CT molecular complexity index is 648. The molecule has 1 aromatic carbocycles. The summed E-state index contributed by atoms with van der Waals surface area (Å²) in [6.07, 6.45) is 1.27. The maximum atomic E-state index is 12.3. The van der Waals surface area contributed by atoms with Gasteiger partial charge in [0.15, 0.2) is 11.5 Å². The predicted octanol–water partition coefficient (Wildman–Crippen LogP) is 1.13. The Kier molecular flexibility index (Phi) is 5.60. The average Bonchev–Trinajstić information content (AvgIpc) is 3.14. The van der Waals surface area contributed by atoms with Crippen molar-refractivity contribution in [3.8, 4) is 5.75 Å². The second kappa shape index (κ2) is 7.88. The molecule has 8 heteroatoms. The van der Waals surface area contributed by atoms with Crippen LogP contribution in [0.5, 0.6) is 5.75 Å². The fourth-order valence-corrected chi connectivity index (χ4v) is 3.92. The van der Waals surface area contributed by atoms with E-state index in [1.165, 1.54) is 23.7 Å². The van der Waals surface area contributed by atoms with E-state index in [0.717, 1.165) is 12.8 Å². The summed E-state index contributed by atoms with van der Waals surface area (Å²) in [6, 6.07) is 8.22. The molecule has 2 aliphatic heterocycles. The highest BCUT2D eigenvalue weighted by atomic mass is 32.2. The number of hydroxylamine groups is 2. The van der Waals surface area contributed by atoms with E-state index in [2.05, 4.69) is 5.32 Å². The molecule has 7 nitrogen and oxygen atoms in total. The van der Waals surface area contributed by atoms with Gasteiger partial charge in [-0.2, -0.15) is 5.06 Å². The van der Waals surface area contributed by atoms with E-state index in [1.807, 2.05) is 6.07 Å². The maximum Gasteiger partial charge on any atom is 0.282 e. The molecule has 3 atom stereocenters. The smallest absolute Gasteiger partial charge is 0.282 e. The molecule has 1 aromatic rings. The van der Waals surface area contributed by atoms with E-state index in [1.54, 1.807) is 24.3 Å². The van der Waals surface area contributed by atoms with Gasteiger partial charge in [0.05, 0.1) is 5.75 Å². The number of nitrogens with zero attached hydrogens (tertiary/aromatic N) is 1. The molecular formula is C17H20N2O5S. The van der Waals surface area contributed by atoms with Crippen molar-refractivity contribution in [2.45, 2.75) is 37.3 Å². The molecule has 25 heavy (non-hydrogen) atoms. The van der Waals surface area contributed by atoms with Crippen LogP contribution in [0, 0.1) is 0 Å². The third-order valence-electron chi connectivity index (χ3n) is 3.99. The van der Waals surface area contributed by atoms with E-state index < -0.39 is 11.4 Å². The first kappa shape index (κ1) is 17.8. The van der Waals surface area contributed by atoms with Gasteiger partial charge in [-0.15, -0.1) is 11.8 Å². The molecule has 2 fully saturated rings. The Morgan fingerprint density at radius 2 is 2.12 bits per heavy atom. The molecular weight excluding hydrogens is 344 g/mol. The van der Waals surface area contributed by atoms with Crippen LogP contribution < -0.4 is 10.2 Å². The highest BCUT2D eigenvalue weighted by molar-refractivity contribution is 8.00. The molecule has 0 saturated carbocycles. The minimum Gasteiger partial charge on any atom is -0.376 e. The normalized spacial score (nSPS) is 25.4. The van der Waals surface area contributed by atoms with Crippen molar-refractivity contribution in [2.24, 2.45) is 0 Å². The molecule has 134 valence electrons. The molecule has 0 aromatic heterocycles. The second-order valence-corrected chi connectivity index (χ2v) is 7.02. The van der Waals surface area contributed by atoms with Crippen LogP contribution in [0.2, 0.25) is 0 Å². The van der Waals surface area contributed by atoms with Gasteiger partial charge in [-0.3, -0.25) is 14.4 Å². The summed E-state index contributed by atoms with van der Waals surface area (Å²) in [6.45, 7) is 1.97. The van der Waals surface area contributed by atoms with Gasteiger partial charge in [0.2, 0.25) is 5.91 Å². The fraction of sp³-hybridized carbons (Fsp3) is 0.471. The number of amides is 2. The SMILES string of the molecule is CC(=O)N[C@@H]1C(=O)N(Oc2ccccc2)[C@@H]1SCC(=O)C1CCCO1. The van der Waals surface area contributed by atoms with Gasteiger partial charge < -0.3 is 14.9 Å². The first-order chi connectivity index (χ1) is 12.1. The van der Waals surface area contributed by atoms with E-state index in [4.69, 9.17) is 9.57 Å². The van der Waals surface area contributed by atoms with Crippen molar-refractivity contribution in [1.29, 1.82) is 0 Å². The summed E-state index contributed by atoms with van der Waals surface area (Å²) in [5.41, 5.74) is 0. The van der Waals surface area contributed by atoms with Crippen LogP contribution in [0.4, 0.5) is 0 Å². The number of hydrogen-bond donors (Lipinski definition) is 1. The Hall–Kier alpha value is -2.06. The summed E-state index contributed by atoms with van der Waals surface area (Å²) < 4.78 is 5.39. The van der Waals surface area contributed by atoms with Crippen LogP contribution in [-0.4, -0.2) is 52.5 Å². The highest BCUT2D eigenvalue weighted by Gasteiger charge is 2.51. The standard InChI is InChI=1S/C17H20N2O5S/c1-11(20)18-15-16(22)19(24-12-6-3-2-4-7-12)17(15)25-10-13(21)14-8-5-9-23-14/h2-4,6-7,14-15,17H,5,8-10H2,1H3,(H,18,20)/t14?,15-,17-/m1/s1. The van der Waals surface area contributed by atoms with Gasteiger partial charge in [0, 0.05) is 13.5 Å². The topological polar surface area (TPSA) is 84.9 Å². The van der Waals surface area contributed by atoms with Crippen LogP contribution >= 0.6 is 11.8 Å². The highest BCUT2D eigenvalue weighted by Crippen LogP contribution is 2.32. The lowest BCUT2D eigenvalue weighted by Crippen LogP contribution is -2.70. The first-order valence-electron chi connectivity index (χ1n) is 8.15. The quantitative estimate of drug-likeness (QED) is 0.730. The number of ether oxygens (including phenoxy) is 1. The van der Waals surface area contributed by atoms with Crippen LogP contribution in [-0.2, 0) is 19.1 Å². The molecule has 0 radical (unpaired) electrons. The predicted molar refractivity (Wildman–Crippen MR) is 91.7 cm³/mol. The number of thioether (sulfide) groups is 1. The zero-order valence-corrected chi connectivity index (χ0v) is 14.7. The number of hydrogen-bond acceptors (Lipinski definition) is 6. The molecule has 2 amide bonds. The molecule has 1 N–H and O–H groups in total. The zero-order chi connectivity index (χ0) is 17.8. The third kappa shape index (κ3) is 4.13. The van der Waals surface area contributed by atoms with Crippen molar-refractivity contribution in [3.05, 3.63) is 30.3 Å². The Morgan fingerprint density at radius 3 is 2.76 bits per heavy atom. The summed E-state index contributed by atoms with van der Waals surface area (Å²) in [7, 11) is 0. The van der Waals surface area contributed by atoms with Crippen LogP contribution in [0.15, 0.2) is 30.3 Å². The van der Waals surface area contributed by atoms with E-state index in [9.17, 15) is 14.4 Å². The molecule has 0 aliphatic carbocycles. The van der Waals surface area contributed by atoms with Crippen LogP contribution in [0.3, 0.4) is 0 Å². The van der Waals surface area contributed by atoms with Gasteiger partial charge in [-0.05, 0) is 25.0 Å². The number of para-hydroxylation sites is 1. The molecule has 2 heterocycles. The Balaban J connectivity index is 1.63. The van der Waals surface area contributed by atoms with Gasteiger partial charge in [0.1, 0.15) is 17.5 Å². The summed E-state index contributed by atoms with van der Waals surface area (Å²) >= 11 is 1.28. The number of ketones is 1. The monoisotopic (exact) mass is 364 g/mol. The van der Waals surface area contributed by atoms with Crippen molar-refractivity contribution in [2.75, 3.05) is 12.4 Å². The van der Waals surface area contributed by atoms with Crippen LogP contribution in [0.25, 0.3) is 0 Å². The fourth-order valence-electron chi connectivity index (χ4n) is 2.74. The second-order valence-electron chi connectivity index (χ2n) is 5.92. The number of nitrogens with one attached hydrogen (secondary N) is 1. The van der Waals surface area contributed by atoms with E-state index >= 15 is 0 Å². The van der Waals surface area contributed by atoms with Gasteiger partial charge in [0.25, 0.3) is 5.91 Å². The van der Waals surface area contributed by atoms with Crippen molar-refractivity contribution >= 4 is 29.4 Å². The molecule has 0 spiro atoms. The molecule has 2 saturated heterocycles. The number of rotatable bonds is 7. The van der Waals surface area contributed by atoms with Crippen molar-refractivity contribution in [3.63, 3.8) is 0 Å². The van der Waals surface area contributed by atoms with Gasteiger partial charge in [-0.1, -0.05) is 18.2 Å². The lowest BCUT2D eigenvalue weighted by Gasteiger charge is -2.44.